The number of aromatic nitrogens is 2. The first-order valence-corrected chi connectivity index (χ1v) is 9.25. The minimum absolute atomic E-state index is 0.0313. The van der Waals surface area contributed by atoms with Crippen LogP contribution >= 0.6 is 11.3 Å². The number of halogens is 2. The second-order valence-corrected chi connectivity index (χ2v) is 7.00. The van der Waals surface area contributed by atoms with Crippen LogP contribution in [-0.2, 0) is 10.3 Å². The number of rotatable bonds is 4. The van der Waals surface area contributed by atoms with Gasteiger partial charge in [-0.3, -0.25) is 14.7 Å². The van der Waals surface area contributed by atoms with Crippen LogP contribution in [0.1, 0.15) is 23.2 Å². The van der Waals surface area contributed by atoms with Crippen LogP contribution in [0.25, 0.3) is 11.3 Å². The molecule has 2 aromatic heterocycles. The van der Waals surface area contributed by atoms with E-state index in [1.807, 2.05) is 11.4 Å². The smallest absolute Gasteiger partial charge is 0.267 e. The summed E-state index contributed by atoms with van der Waals surface area (Å²) in [5.74, 6) is -0.374. The number of amides is 1. The lowest BCUT2D eigenvalue weighted by atomic mass is 9.85. The number of hydrogen-bond donors (Lipinski definition) is 1. The highest BCUT2D eigenvalue weighted by atomic mass is 32.1. The lowest BCUT2D eigenvalue weighted by molar-refractivity contribution is -0.129. The third-order valence-electron chi connectivity index (χ3n) is 4.66. The van der Waals surface area contributed by atoms with Crippen molar-refractivity contribution in [2.24, 2.45) is 10.7 Å². The maximum Gasteiger partial charge on any atom is 0.267 e. The number of pyridine rings is 1. The molecule has 142 valence electrons. The Morgan fingerprint density at radius 2 is 2.04 bits per heavy atom. The van der Waals surface area contributed by atoms with E-state index in [-0.39, 0.29) is 17.2 Å². The van der Waals surface area contributed by atoms with E-state index in [2.05, 4.69) is 15.0 Å². The van der Waals surface area contributed by atoms with Crippen molar-refractivity contribution in [1.29, 1.82) is 0 Å². The van der Waals surface area contributed by atoms with Crippen LogP contribution in [0.4, 0.5) is 8.78 Å². The van der Waals surface area contributed by atoms with E-state index < -0.39 is 17.9 Å². The molecule has 1 aliphatic rings. The first-order valence-electron chi connectivity index (χ1n) is 8.30. The largest absolute Gasteiger partial charge is 0.369 e. The summed E-state index contributed by atoms with van der Waals surface area (Å²) in [6.07, 6.45) is -1.59. The van der Waals surface area contributed by atoms with E-state index in [9.17, 15) is 13.6 Å². The van der Waals surface area contributed by atoms with Crippen LogP contribution in [0.15, 0.2) is 58.5 Å². The highest BCUT2D eigenvalue weighted by Crippen LogP contribution is 2.39. The normalized spacial score (nSPS) is 19.4. The average molecular weight is 399 g/mol. The highest BCUT2D eigenvalue weighted by Gasteiger charge is 2.50. The molecule has 2 N–H and O–H groups in total. The Kier molecular flexibility index (Phi) is 4.38. The van der Waals surface area contributed by atoms with E-state index in [4.69, 9.17) is 5.73 Å². The van der Waals surface area contributed by atoms with Crippen LogP contribution < -0.4 is 5.73 Å². The lowest BCUT2D eigenvalue weighted by Gasteiger charge is -2.25. The van der Waals surface area contributed by atoms with E-state index in [1.54, 1.807) is 23.7 Å². The second-order valence-electron chi connectivity index (χ2n) is 6.28. The Morgan fingerprint density at radius 1 is 1.21 bits per heavy atom. The predicted molar refractivity (Wildman–Crippen MR) is 102 cm³/mol. The topological polar surface area (TPSA) is 84.5 Å². The molecule has 1 atom stereocenters. The van der Waals surface area contributed by atoms with Crippen molar-refractivity contribution in [2.45, 2.75) is 12.0 Å². The quantitative estimate of drug-likeness (QED) is 0.730. The summed E-state index contributed by atoms with van der Waals surface area (Å²) >= 11 is 1.46. The van der Waals surface area contributed by atoms with Gasteiger partial charge in [-0.1, -0.05) is 18.2 Å². The molecule has 1 amide bonds. The van der Waals surface area contributed by atoms with Gasteiger partial charge in [-0.2, -0.15) is 0 Å². The zero-order chi connectivity index (χ0) is 19.9. The molecule has 0 spiro atoms. The molecule has 1 unspecified atom stereocenters. The zero-order valence-corrected chi connectivity index (χ0v) is 15.5. The number of carbonyl (C=O) groups excluding carboxylic acids is 1. The summed E-state index contributed by atoms with van der Waals surface area (Å²) in [5.41, 5.74) is 8.20. The van der Waals surface area contributed by atoms with Gasteiger partial charge in [0.2, 0.25) is 5.54 Å². The Labute approximate surface area is 163 Å². The minimum Gasteiger partial charge on any atom is -0.369 e. The zero-order valence-electron chi connectivity index (χ0n) is 14.7. The maximum atomic E-state index is 13.2. The molecule has 3 heterocycles. The van der Waals surface area contributed by atoms with Crippen molar-refractivity contribution in [3.05, 3.63) is 70.3 Å². The first kappa shape index (κ1) is 18.2. The van der Waals surface area contributed by atoms with Crippen molar-refractivity contribution < 1.29 is 13.6 Å². The van der Waals surface area contributed by atoms with E-state index >= 15 is 0 Å². The van der Waals surface area contributed by atoms with Crippen molar-refractivity contribution in [1.82, 2.24) is 14.9 Å². The molecule has 1 aromatic carbocycles. The third kappa shape index (κ3) is 2.75. The van der Waals surface area contributed by atoms with Gasteiger partial charge in [-0.15, -0.1) is 11.3 Å². The standard InChI is InChI=1S/C19H15F2N5OS/c1-26-17(27)19(25-18(26)22,15-6-5-12(8-23-15)16(20)21)13-4-2-3-11(7-13)14-9-28-10-24-14/h2-10,16H,1H3,(H2,22,25). The van der Waals surface area contributed by atoms with Gasteiger partial charge in [0.05, 0.1) is 16.9 Å². The molecule has 0 fully saturated rings. The fourth-order valence-corrected chi connectivity index (χ4v) is 3.71. The SMILES string of the molecule is CN1C(=O)C(c2cccc(-c3cscn3)c2)(c2ccc(C(F)F)cn2)N=C1N. The summed E-state index contributed by atoms with van der Waals surface area (Å²) < 4.78 is 25.9. The van der Waals surface area contributed by atoms with E-state index in [1.165, 1.54) is 35.4 Å². The maximum absolute atomic E-state index is 13.2. The molecule has 0 aliphatic carbocycles. The Hall–Kier alpha value is -3.20. The molecule has 0 radical (unpaired) electrons. The fourth-order valence-electron chi connectivity index (χ4n) is 3.15. The van der Waals surface area contributed by atoms with Crippen molar-refractivity contribution in [2.75, 3.05) is 7.05 Å². The van der Waals surface area contributed by atoms with Gasteiger partial charge in [0.1, 0.15) is 0 Å². The molecule has 6 nitrogen and oxygen atoms in total. The Morgan fingerprint density at radius 3 is 2.61 bits per heavy atom. The van der Waals surface area contributed by atoms with Crippen molar-refractivity contribution >= 4 is 23.2 Å². The number of likely N-dealkylation sites (N-methyl/N-ethyl adjacent to an activating group) is 1. The molecule has 0 bridgehead atoms. The molecular weight excluding hydrogens is 384 g/mol. The van der Waals surface area contributed by atoms with Crippen LogP contribution in [0.5, 0.6) is 0 Å². The number of nitrogens with two attached hydrogens (primary N) is 1. The Bertz CT molecular complexity index is 1050. The molecule has 1 aliphatic heterocycles. The van der Waals surface area contributed by atoms with Gasteiger partial charge in [-0.05, 0) is 23.8 Å². The number of guanidine groups is 1. The molecule has 3 aromatic rings. The lowest BCUT2D eigenvalue weighted by Crippen LogP contribution is -2.41. The van der Waals surface area contributed by atoms with Crippen LogP contribution in [0.3, 0.4) is 0 Å². The van der Waals surface area contributed by atoms with Gasteiger partial charge >= 0.3 is 0 Å². The summed E-state index contributed by atoms with van der Waals surface area (Å²) in [6.45, 7) is 0. The molecular formula is C19H15F2N5OS. The van der Waals surface area contributed by atoms with Crippen molar-refractivity contribution in [3.63, 3.8) is 0 Å². The van der Waals surface area contributed by atoms with Crippen molar-refractivity contribution in [3.8, 4) is 11.3 Å². The van der Waals surface area contributed by atoms with E-state index in [0.29, 0.717) is 5.56 Å². The number of carbonyl (C=O) groups is 1. The summed E-state index contributed by atoms with van der Waals surface area (Å²) in [6, 6.07) is 9.84. The number of hydrogen-bond acceptors (Lipinski definition) is 6. The van der Waals surface area contributed by atoms with Gasteiger partial charge in [0.15, 0.2) is 5.96 Å². The predicted octanol–water partition coefficient (Wildman–Crippen LogP) is 3.17. The van der Waals surface area contributed by atoms with Gasteiger partial charge < -0.3 is 5.73 Å². The summed E-state index contributed by atoms with van der Waals surface area (Å²) in [5, 5.41) is 1.89. The summed E-state index contributed by atoms with van der Waals surface area (Å²) in [7, 11) is 1.51. The van der Waals surface area contributed by atoms with Crippen LogP contribution in [0, 0.1) is 0 Å². The minimum atomic E-state index is -2.65. The molecule has 4 rings (SSSR count). The van der Waals surface area contributed by atoms with E-state index in [0.717, 1.165) is 17.5 Å². The number of aliphatic imine (C=N–C) groups is 1. The second kappa shape index (κ2) is 6.75. The third-order valence-corrected chi connectivity index (χ3v) is 5.24. The molecule has 0 saturated heterocycles. The molecule has 9 heteroatoms. The molecule has 0 saturated carbocycles. The number of thiazole rings is 1. The van der Waals surface area contributed by atoms with Gasteiger partial charge in [-0.25, -0.2) is 18.8 Å². The highest BCUT2D eigenvalue weighted by molar-refractivity contribution is 7.07. The van der Waals surface area contributed by atoms with Gasteiger partial charge in [0.25, 0.3) is 12.3 Å². The number of nitrogens with zero attached hydrogens (tertiary/aromatic N) is 4. The number of alkyl halides is 2. The number of benzene rings is 1. The first-order chi connectivity index (χ1) is 13.4. The van der Waals surface area contributed by atoms with Crippen LogP contribution in [0.2, 0.25) is 0 Å². The molecule has 28 heavy (non-hydrogen) atoms. The average Bonchev–Trinajstić information content (AvgIpc) is 3.32. The summed E-state index contributed by atoms with van der Waals surface area (Å²) in [4.78, 5) is 27.3. The fraction of sp³-hybridized carbons (Fsp3) is 0.158. The Balaban J connectivity index is 1.91. The van der Waals surface area contributed by atoms with Gasteiger partial charge in [0, 0.05) is 29.8 Å². The monoisotopic (exact) mass is 399 g/mol. The van der Waals surface area contributed by atoms with Crippen LogP contribution in [-0.4, -0.2) is 33.8 Å².